The smallest absolute Gasteiger partial charge is 0.149 e. The normalized spacial score (nSPS) is 10.9. The number of hydrogen-bond acceptors (Lipinski definition) is 4. The van der Waals surface area contributed by atoms with Gasteiger partial charge in [0, 0.05) is 28.4 Å². The molecule has 4 aromatic heterocycles. The molecule has 0 amide bonds. The Morgan fingerprint density at radius 1 is 0.935 bits per heavy atom. The van der Waals surface area contributed by atoms with Gasteiger partial charge in [-0.25, -0.2) is 19.3 Å². The largest absolute Gasteiger partial charge is 0.384 e. The number of pyridine rings is 3. The van der Waals surface area contributed by atoms with Crippen LogP contribution in [0.5, 0.6) is 0 Å². The van der Waals surface area contributed by atoms with E-state index in [-0.39, 0.29) is 5.82 Å². The highest BCUT2D eigenvalue weighted by Gasteiger charge is 2.15. The zero-order valence-electron chi connectivity index (χ0n) is 17.0. The first-order valence-electron chi connectivity index (χ1n) is 9.80. The molecular formula is C25H18FN5. The van der Waals surface area contributed by atoms with Crippen molar-refractivity contribution in [3.05, 3.63) is 89.3 Å². The molecule has 0 aliphatic heterocycles. The number of hydrogen-bond donors (Lipinski definition) is 1. The summed E-state index contributed by atoms with van der Waals surface area (Å²) in [6.45, 7) is 3.78. The average molecular weight is 407 g/mol. The van der Waals surface area contributed by atoms with E-state index < -0.39 is 0 Å². The van der Waals surface area contributed by atoms with Crippen LogP contribution in [0.25, 0.3) is 27.8 Å². The summed E-state index contributed by atoms with van der Waals surface area (Å²) >= 11 is 0. The minimum atomic E-state index is -0.367. The highest BCUT2D eigenvalue weighted by atomic mass is 19.1. The van der Waals surface area contributed by atoms with E-state index in [1.165, 1.54) is 6.07 Å². The van der Waals surface area contributed by atoms with Crippen LogP contribution >= 0.6 is 0 Å². The third kappa shape index (κ3) is 3.26. The molecule has 4 heterocycles. The lowest BCUT2D eigenvalue weighted by atomic mass is 10.1. The lowest BCUT2D eigenvalue weighted by Crippen LogP contribution is -1.98. The Bertz CT molecular complexity index is 1540. The van der Waals surface area contributed by atoms with Gasteiger partial charge in [-0.15, -0.1) is 0 Å². The lowest BCUT2D eigenvalue weighted by molar-refractivity contribution is 0.636. The summed E-state index contributed by atoms with van der Waals surface area (Å²) in [6, 6.07) is 16.2. The quantitative estimate of drug-likeness (QED) is 0.410. The molecule has 150 valence electrons. The molecule has 0 spiro atoms. The van der Waals surface area contributed by atoms with Crippen molar-refractivity contribution in [2.75, 3.05) is 5.73 Å². The van der Waals surface area contributed by atoms with E-state index in [1.807, 2.05) is 60.8 Å². The summed E-state index contributed by atoms with van der Waals surface area (Å²) in [5.41, 5.74) is 11.7. The van der Waals surface area contributed by atoms with Gasteiger partial charge in [0.05, 0.1) is 11.4 Å². The molecule has 0 atom stereocenters. The second kappa shape index (κ2) is 7.22. The van der Waals surface area contributed by atoms with E-state index >= 15 is 0 Å². The van der Waals surface area contributed by atoms with Crippen molar-refractivity contribution < 1.29 is 4.39 Å². The maximum absolute atomic E-state index is 14.3. The molecule has 0 fully saturated rings. The van der Waals surface area contributed by atoms with Gasteiger partial charge in [0.15, 0.2) is 0 Å². The summed E-state index contributed by atoms with van der Waals surface area (Å²) in [6.07, 6.45) is 1.96. The highest BCUT2D eigenvalue weighted by molar-refractivity contribution is 5.86. The van der Waals surface area contributed by atoms with E-state index in [9.17, 15) is 4.39 Å². The van der Waals surface area contributed by atoms with Crippen LogP contribution in [-0.2, 0) is 0 Å². The number of rotatable bonds is 1. The Balaban J connectivity index is 1.73. The van der Waals surface area contributed by atoms with Crippen LogP contribution < -0.4 is 5.73 Å². The molecule has 5 aromatic rings. The molecule has 1 aromatic carbocycles. The Kier molecular flexibility index (Phi) is 4.37. The minimum Gasteiger partial charge on any atom is -0.384 e. The molecule has 5 rings (SSSR count). The Morgan fingerprint density at radius 2 is 1.81 bits per heavy atom. The second-order valence-electron chi connectivity index (χ2n) is 7.30. The maximum atomic E-state index is 14.3. The van der Waals surface area contributed by atoms with E-state index in [1.54, 1.807) is 12.1 Å². The number of aryl methyl sites for hydroxylation is 2. The van der Waals surface area contributed by atoms with Crippen molar-refractivity contribution in [2.24, 2.45) is 0 Å². The predicted molar refractivity (Wildman–Crippen MR) is 120 cm³/mol. The van der Waals surface area contributed by atoms with E-state index in [0.29, 0.717) is 33.7 Å². The van der Waals surface area contributed by atoms with Crippen LogP contribution in [0.1, 0.15) is 22.6 Å². The topological polar surface area (TPSA) is 69.1 Å². The number of fused-ring (bicyclic) bond motifs is 2. The van der Waals surface area contributed by atoms with Crippen LogP contribution in [0, 0.1) is 31.5 Å². The van der Waals surface area contributed by atoms with Crippen molar-refractivity contribution in [3.63, 3.8) is 0 Å². The van der Waals surface area contributed by atoms with Gasteiger partial charge in [-0.1, -0.05) is 24.1 Å². The lowest BCUT2D eigenvalue weighted by Gasteiger charge is -2.07. The molecule has 0 unspecified atom stereocenters. The van der Waals surface area contributed by atoms with Gasteiger partial charge in [0.25, 0.3) is 0 Å². The van der Waals surface area contributed by atoms with Gasteiger partial charge >= 0.3 is 0 Å². The van der Waals surface area contributed by atoms with Gasteiger partial charge in [-0.2, -0.15) is 0 Å². The van der Waals surface area contributed by atoms with Gasteiger partial charge in [0.2, 0.25) is 0 Å². The number of para-hydroxylation sites is 1. The van der Waals surface area contributed by atoms with Crippen LogP contribution in [-0.4, -0.2) is 19.4 Å². The fourth-order valence-electron chi connectivity index (χ4n) is 3.77. The molecule has 2 N–H and O–H groups in total. The van der Waals surface area contributed by atoms with Crippen molar-refractivity contribution in [1.82, 2.24) is 19.4 Å². The molecule has 0 saturated heterocycles. The van der Waals surface area contributed by atoms with Gasteiger partial charge in [0.1, 0.15) is 28.5 Å². The number of nitrogens with zero attached hydrogens (tertiary/aromatic N) is 4. The zero-order valence-corrected chi connectivity index (χ0v) is 17.0. The molecule has 0 bridgehead atoms. The summed E-state index contributed by atoms with van der Waals surface area (Å²) in [7, 11) is 0. The third-order valence-electron chi connectivity index (χ3n) is 5.11. The average Bonchev–Trinajstić information content (AvgIpc) is 3.08. The van der Waals surface area contributed by atoms with Crippen molar-refractivity contribution in [1.29, 1.82) is 0 Å². The standard InChI is InChI=1S/C25H18FN5/c1-15-14-17(18-6-5-7-20(26)24(18)28-15)9-11-21-19(10-12-22(27)30-21)25-16(2)29-23-8-3-4-13-31(23)25/h3-8,10,12-14H,1-2H3,(H2,27,30). The molecule has 31 heavy (non-hydrogen) atoms. The fraction of sp³-hybridized carbons (Fsp3) is 0.0800. The number of nitrogens with two attached hydrogens (primary N) is 1. The van der Waals surface area contributed by atoms with Gasteiger partial charge in [-0.05, 0) is 56.2 Å². The van der Waals surface area contributed by atoms with Crippen LogP contribution in [0.3, 0.4) is 0 Å². The highest BCUT2D eigenvalue weighted by Crippen LogP contribution is 2.28. The fourth-order valence-corrected chi connectivity index (χ4v) is 3.77. The zero-order chi connectivity index (χ0) is 21.5. The molecule has 5 nitrogen and oxygen atoms in total. The molecule has 6 heteroatoms. The molecule has 0 radical (unpaired) electrons. The molecular weight excluding hydrogens is 389 g/mol. The third-order valence-corrected chi connectivity index (χ3v) is 5.11. The number of anilines is 1. The Labute approximate surface area is 178 Å². The summed E-state index contributed by atoms with van der Waals surface area (Å²) in [4.78, 5) is 13.4. The van der Waals surface area contributed by atoms with E-state index in [2.05, 4.69) is 26.8 Å². The van der Waals surface area contributed by atoms with Crippen LogP contribution in [0.2, 0.25) is 0 Å². The minimum absolute atomic E-state index is 0.310. The summed E-state index contributed by atoms with van der Waals surface area (Å²) in [5, 5.41) is 0.662. The first-order chi connectivity index (χ1) is 15.0. The first kappa shape index (κ1) is 18.8. The molecule has 0 aliphatic carbocycles. The Hall–Kier alpha value is -4.24. The SMILES string of the molecule is Cc1cc(C#Cc2nc(N)ccc2-c2c(C)nc3ccccn23)c2cccc(F)c2n1. The summed E-state index contributed by atoms with van der Waals surface area (Å²) < 4.78 is 16.3. The van der Waals surface area contributed by atoms with Gasteiger partial charge < -0.3 is 5.73 Å². The second-order valence-corrected chi connectivity index (χ2v) is 7.30. The van der Waals surface area contributed by atoms with E-state index in [4.69, 9.17) is 5.73 Å². The number of benzene rings is 1. The number of aromatic nitrogens is 4. The molecule has 0 aliphatic rings. The summed E-state index contributed by atoms with van der Waals surface area (Å²) in [5.74, 6) is 6.33. The number of nitrogen functional groups attached to an aromatic ring is 1. The Morgan fingerprint density at radius 3 is 2.68 bits per heavy atom. The van der Waals surface area contributed by atoms with E-state index in [0.717, 1.165) is 22.6 Å². The maximum Gasteiger partial charge on any atom is 0.149 e. The molecule has 0 saturated carbocycles. The van der Waals surface area contributed by atoms with Crippen molar-refractivity contribution in [3.8, 4) is 23.1 Å². The number of imidazole rings is 1. The van der Waals surface area contributed by atoms with Crippen LogP contribution in [0.15, 0.2) is 60.8 Å². The predicted octanol–water partition coefficient (Wildman–Crippen LogP) is 4.68. The van der Waals surface area contributed by atoms with Crippen LogP contribution in [0.4, 0.5) is 10.2 Å². The van der Waals surface area contributed by atoms with Crippen molar-refractivity contribution >= 4 is 22.4 Å². The first-order valence-corrected chi connectivity index (χ1v) is 9.80. The monoisotopic (exact) mass is 407 g/mol. The van der Waals surface area contributed by atoms with Crippen molar-refractivity contribution in [2.45, 2.75) is 13.8 Å². The number of halogens is 1. The van der Waals surface area contributed by atoms with Gasteiger partial charge in [-0.3, -0.25) is 4.40 Å².